The zero-order chi connectivity index (χ0) is 10.4. The molecule has 0 aliphatic rings. The Hall–Kier alpha value is -1.28. The van der Waals surface area contributed by atoms with Crippen molar-refractivity contribution in [1.82, 2.24) is 4.98 Å². The maximum Gasteiger partial charge on any atom is 0.0465 e. The number of fused-ring (bicyclic) bond motifs is 3. The van der Waals surface area contributed by atoms with Crippen LogP contribution in [-0.4, -0.2) is 4.98 Å². The predicted molar refractivity (Wildman–Crippen MR) is 68.2 cm³/mol. The number of hydrogen-bond donors (Lipinski definition) is 1. The third-order valence-corrected chi connectivity index (χ3v) is 3.21. The van der Waals surface area contributed by atoms with Crippen LogP contribution in [0.3, 0.4) is 0 Å². The van der Waals surface area contributed by atoms with Crippen molar-refractivity contribution in [3.63, 3.8) is 0 Å². The van der Waals surface area contributed by atoms with Gasteiger partial charge in [-0.1, -0.05) is 27.6 Å². The summed E-state index contributed by atoms with van der Waals surface area (Å²) in [6.45, 7) is 2.12. The maximum atomic E-state index is 3.51. The van der Waals surface area contributed by atoms with Crippen molar-refractivity contribution in [1.29, 1.82) is 0 Å². The molecule has 0 amide bonds. The van der Waals surface area contributed by atoms with Crippen LogP contribution >= 0.6 is 15.9 Å². The van der Waals surface area contributed by atoms with Gasteiger partial charge in [0.1, 0.15) is 0 Å². The second kappa shape index (κ2) is 3.11. The molecule has 0 spiro atoms. The van der Waals surface area contributed by atoms with Gasteiger partial charge in [-0.25, -0.2) is 0 Å². The van der Waals surface area contributed by atoms with Crippen molar-refractivity contribution in [3.8, 4) is 0 Å². The minimum Gasteiger partial charge on any atom is -0.355 e. The van der Waals surface area contributed by atoms with Gasteiger partial charge in [0.2, 0.25) is 0 Å². The van der Waals surface area contributed by atoms with Crippen LogP contribution in [-0.2, 0) is 0 Å². The average Bonchev–Trinajstić information content (AvgIpc) is 2.56. The first-order valence-corrected chi connectivity index (χ1v) is 5.71. The first kappa shape index (κ1) is 8.98. The normalized spacial score (nSPS) is 11.3. The second-order valence-electron chi connectivity index (χ2n) is 3.86. The molecule has 15 heavy (non-hydrogen) atoms. The minimum atomic E-state index is 1.12. The van der Waals surface area contributed by atoms with Gasteiger partial charge >= 0.3 is 0 Å². The lowest BCUT2D eigenvalue weighted by molar-refractivity contribution is 1.48. The highest BCUT2D eigenvalue weighted by Gasteiger charge is 2.03. The number of halogens is 1. The molecule has 2 aromatic carbocycles. The van der Waals surface area contributed by atoms with Crippen molar-refractivity contribution in [2.24, 2.45) is 0 Å². The molecule has 3 rings (SSSR count). The molecule has 0 aliphatic carbocycles. The number of hydrogen-bond acceptors (Lipinski definition) is 0. The lowest BCUT2D eigenvalue weighted by atomic mass is 10.1. The smallest absolute Gasteiger partial charge is 0.0465 e. The molecule has 74 valence electrons. The van der Waals surface area contributed by atoms with Crippen LogP contribution in [0.4, 0.5) is 0 Å². The van der Waals surface area contributed by atoms with E-state index in [9.17, 15) is 0 Å². The van der Waals surface area contributed by atoms with Gasteiger partial charge in [-0.2, -0.15) is 0 Å². The van der Waals surface area contributed by atoms with E-state index >= 15 is 0 Å². The molecule has 0 saturated carbocycles. The van der Waals surface area contributed by atoms with Crippen LogP contribution in [0, 0.1) is 6.92 Å². The third kappa shape index (κ3) is 1.37. The molecule has 3 aromatic rings. The first-order valence-electron chi connectivity index (χ1n) is 4.92. The molecular weight excluding hydrogens is 250 g/mol. The number of nitrogens with one attached hydrogen (secondary N) is 1. The molecule has 2 heteroatoms. The topological polar surface area (TPSA) is 15.8 Å². The van der Waals surface area contributed by atoms with Gasteiger partial charge < -0.3 is 4.98 Å². The second-order valence-corrected chi connectivity index (χ2v) is 4.78. The number of aromatic nitrogens is 1. The number of aromatic amines is 1. The molecule has 1 aromatic heterocycles. The SMILES string of the molecule is Cc1ccc2[nH]c3ccc(Br)cc3c2c1. The molecule has 0 fully saturated rings. The fraction of sp³-hybridized carbons (Fsp3) is 0.0769. The van der Waals surface area contributed by atoms with Crippen LogP contribution < -0.4 is 0 Å². The maximum absolute atomic E-state index is 3.51. The molecule has 0 bridgehead atoms. The van der Waals surface area contributed by atoms with E-state index in [1.807, 2.05) is 0 Å². The predicted octanol–water partition coefficient (Wildman–Crippen LogP) is 4.39. The van der Waals surface area contributed by atoms with Gasteiger partial charge in [-0.15, -0.1) is 0 Å². The zero-order valence-electron chi connectivity index (χ0n) is 8.34. The van der Waals surface area contributed by atoms with Gasteiger partial charge in [0.25, 0.3) is 0 Å². The number of benzene rings is 2. The summed E-state index contributed by atoms with van der Waals surface area (Å²) in [6.07, 6.45) is 0. The summed E-state index contributed by atoms with van der Waals surface area (Å²) < 4.78 is 1.12. The molecule has 1 nitrogen and oxygen atoms in total. The van der Waals surface area contributed by atoms with E-state index in [0.717, 1.165) is 4.47 Å². The molecular formula is C13H10BrN. The zero-order valence-corrected chi connectivity index (χ0v) is 9.93. The van der Waals surface area contributed by atoms with Crippen LogP contribution in [0.25, 0.3) is 21.8 Å². The Balaban J connectivity index is 2.55. The highest BCUT2D eigenvalue weighted by molar-refractivity contribution is 9.10. The van der Waals surface area contributed by atoms with Gasteiger partial charge in [0.15, 0.2) is 0 Å². The van der Waals surface area contributed by atoms with E-state index < -0.39 is 0 Å². The van der Waals surface area contributed by atoms with Crippen molar-refractivity contribution in [2.75, 3.05) is 0 Å². The van der Waals surface area contributed by atoms with Crippen LogP contribution in [0.5, 0.6) is 0 Å². The summed E-state index contributed by atoms with van der Waals surface area (Å²) in [6, 6.07) is 12.8. The summed E-state index contributed by atoms with van der Waals surface area (Å²) in [5.41, 5.74) is 3.69. The number of rotatable bonds is 0. The molecule has 0 saturated heterocycles. The van der Waals surface area contributed by atoms with Crippen molar-refractivity contribution >= 4 is 37.7 Å². The Bertz CT molecular complexity index is 596. The number of H-pyrrole nitrogens is 1. The Labute approximate surface area is 96.2 Å². The quantitative estimate of drug-likeness (QED) is 0.617. The average molecular weight is 260 g/mol. The molecule has 1 heterocycles. The largest absolute Gasteiger partial charge is 0.355 e. The summed E-state index contributed by atoms with van der Waals surface area (Å²) in [5, 5.41) is 2.58. The Morgan fingerprint density at radius 1 is 0.933 bits per heavy atom. The van der Waals surface area contributed by atoms with E-state index in [-0.39, 0.29) is 0 Å². The minimum absolute atomic E-state index is 1.12. The summed E-state index contributed by atoms with van der Waals surface area (Å²) in [5.74, 6) is 0. The molecule has 0 aliphatic heterocycles. The lowest BCUT2D eigenvalue weighted by Crippen LogP contribution is -1.71. The molecule has 0 radical (unpaired) electrons. The van der Waals surface area contributed by atoms with E-state index in [1.54, 1.807) is 0 Å². The fourth-order valence-corrected chi connectivity index (χ4v) is 2.34. The monoisotopic (exact) mass is 259 g/mol. The van der Waals surface area contributed by atoms with Crippen LogP contribution in [0.15, 0.2) is 40.9 Å². The lowest BCUT2D eigenvalue weighted by Gasteiger charge is -1.94. The van der Waals surface area contributed by atoms with Gasteiger partial charge in [-0.05, 0) is 37.3 Å². The van der Waals surface area contributed by atoms with E-state index in [4.69, 9.17) is 0 Å². The van der Waals surface area contributed by atoms with E-state index in [1.165, 1.54) is 27.4 Å². The highest BCUT2D eigenvalue weighted by Crippen LogP contribution is 2.28. The van der Waals surface area contributed by atoms with E-state index in [2.05, 4.69) is 64.2 Å². The summed E-state index contributed by atoms with van der Waals surface area (Å²) in [7, 11) is 0. The first-order chi connectivity index (χ1) is 7.24. The Morgan fingerprint density at radius 3 is 2.40 bits per heavy atom. The van der Waals surface area contributed by atoms with Gasteiger partial charge in [0.05, 0.1) is 0 Å². The molecule has 0 atom stereocenters. The van der Waals surface area contributed by atoms with Gasteiger partial charge in [-0.3, -0.25) is 0 Å². The molecule has 1 N–H and O–H groups in total. The fourth-order valence-electron chi connectivity index (χ4n) is 1.98. The Kier molecular flexibility index (Phi) is 1.86. The summed E-state index contributed by atoms with van der Waals surface area (Å²) >= 11 is 3.51. The van der Waals surface area contributed by atoms with Gasteiger partial charge in [0, 0.05) is 26.3 Å². The van der Waals surface area contributed by atoms with Crippen LogP contribution in [0.2, 0.25) is 0 Å². The summed E-state index contributed by atoms with van der Waals surface area (Å²) in [4.78, 5) is 3.41. The van der Waals surface area contributed by atoms with E-state index in [0.29, 0.717) is 0 Å². The molecule has 0 unspecified atom stereocenters. The third-order valence-electron chi connectivity index (χ3n) is 2.72. The van der Waals surface area contributed by atoms with Crippen LogP contribution in [0.1, 0.15) is 5.56 Å². The van der Waals surface area contributed by atoms with Crippen molar-refractivity contribution < 1.29 is 0 Å². The number of aryl methyl sites for hydroxylation is 1. The standard InChI is InChI=1S/C13H10BrN/c1-8-2-4-12-10(6-8)11-7-9(14)3-5-13(11)15-12/h2-7,15H,1H3. The van der Waals surface area contributed by atoms with Crippen molar-refractivity contribution in [3.05, 3.63) is 46.4 Å². The Morgan fingerprint density at radius 2 is 1.60 bits per heavy atom. The van der Waals surface area contributed by atoms with Crippen molar-refractivity contribution in [2.45, 2.75) is 6.92 Å². The highest BCUT2D eigenvalue weighted by atomic mass is 79.9.